The monoisotopic (exact) mass is 510 g/mol. The zero-order valence-electron chi connectivity index (χ0n) is 20.4. The van der Waals surface area contributed by atoms with Crippen molar-refractivity contribution in [3.8, 4) is 16.9 Å². The number of nitrogens with zero attached hydrogens (tertiary/aromatic N) is 1. The number of halogens is 3. The Balaban J connectivity index is 0.000000396. The van der Waals surface area contributed by atoms with Gasteiger partial charge in [0.2, 0.25) is 11.9 Å². The summed E-state index contributed by atoms with van der Waals surface area (Å²) in [5.74, 6) is 0.657. The van der Waals surface area contributed by atoms with Crippen molar-refractivity contribution in [2.45, 2.75) is 45.4 Å². The summed E-state index contributed by atoms with van der Waals surface area (Å²) < 4.78 is 40.6. The molecule has 0 radical (unpaired) electrons. The Bertz CT molecular complexity index is 1340. The van der Waals surface area contributed by atoms with Gasteiger partial charge >= 0.3 is 6.36 Å². The van der Waals surface area contributed by atoms with Crippen LogP contribution in [-0.2, 0) is 0 Å². The molecule has 1 saturated carbocycles. The van der Waals surface area contributed by atoms with Crippen molar-refractivity contribution < 1.29 is 22.7 Å². The van der Waals surface area contributed by atoms with Gasteiger partial charge in [-0.25, -0.2) is 4.98 Å². The normalized spacial score (nSPS) is 14.1. The summed E-state index contributed by atoms with van der Waals surface area (Å²) in [6, 6.07) is 17.9. The van der Waals surface area contributed by atoms with E-state index in [-0.39, 0.29) is 5.75 Å². The number of amides is 1. The van der Waals surface area contributed by atoms with Gasteiger partial charge in [-0.2, -0.15) is 0 Å². The van der Waals surface area contributed by atoms with Gasteiger partial charge in [0, 0.05) is 11.3 Å². The van der Waals surface area contributed by atoms with E-state index >= 15 is 0 Å². The van der Waals surface area contributed by atoms with E-state index in [1.807, 2.05) is 24.3 Å². The molecule has 4 N–H and O–H groups in total. The van der Waals surface area contributed by atoms with E-state index in [0.29, 0.717) is 22.7 Å². The third kappa shape index (κ3) is 7.49. The number of hydrogen-bond donors (Lipinski definition) is 3. The summed E-state index contributed by atoms with van der Waals surface area (Å²) in [6.45, 7) is 2.36. The maximum atomic E-state index is 12.2. The van der Waals surface area contributed by atoms with Crippen LogP contribution in [0.3, 0.4) is 0 Å². The predicted molar refractivity (Wildman–Crippen MR) is 139 cm³/mol. The first-order valence-electron chi connectivity index (χ1n) is 12.2. The lowest BCUT2D eigenvalue weighted by atomic mass is 9.91. The molecule has 0 bridgehead atoms. The van der Waals surface area contributed by atoms with Crippen LogP contribution < -0.4 is 15.8 Å². The SMILES string of the molecule is CC1CCCCC1.NC(=O)c1cccc(-c2ccc3nc(Nc4ccc(OC(F)(F)F)cc4)[nH]c3c2)c1. The molecule has 1 aliphatic carbocycles. The number of H-pyrrole nitrogens is 1. The number of imidazole rings is 1. The molecule has 1 heterocycles. The number of ether oxygens (including phenoxy) is 1. The highest BCUT2D eigenvalue weighted by Gasteiger charge is 2.30. The molecule has 9 heteroatoms. The van der Waals surface area contributed by atoms with Gasteiger partial charge in [-0.1, -0.05) is 57.2 Å². The number of rotatable bonds is 5. The minimum atomic E-state index is -4.73. The van der Waals surface area contributed by atoms with Gasteiger partial charge in [0.15, 0.2) is 0 Å². The molecule has 0 saturated heterocycles. The highest BCUT2D eigenvalue weighted by molar-refractivity contribution is 5.94. The van der Waals surface area contributed by atoms with Gasteiger partial charge in [0.1, 0.15) is 5.75 Å². The van der Waals surface area contributed by atoms with Crippen LogP contribution in [0.4, 0.5) is 24.8 Å². The largest absolute Gasteiger partial charge is 0.573 e. The molecule has 1 aliphatic rings. The van der Waals surface area contributed by atoms with Crippen LogP contribution >= 0.6 is 0 Å². The highest BCUT2D eigenvalue weighted by atomic mass is 19.4. The number of anilines is 2. The molecular weight excluding hydrogens is 481 g/mol. The number of carbonyl (C=O) groups is 1. The summed E-state index contributed by atoms with van der Waals surface area (Å²) in [5.41, 5.74) is 9.44. The molecule has 1 fully saturated rings. The van der Waals surface area contributed by atoms with E-state index in [1.54, 1.807) is 18.2 Å². The number of alkyl halides is 3. The molecule has 4 aromatic rings. The summed E-state index contributed by atoms with van der Waals surface area (Å²) in [6.07, 6.45) is 2.70. The Morgan fingerprint density at radius 1 is 1.00 bits per heavy atom. The van der Waals surface area contributed by atoms with E-state index in [4.69, 9.17) is 5.73 Å². The summed E-state index contributed by atoms with van der Waals surface area (Å²) >= 11 is 0. The zero-order chi connectivity index (χ0) is 26.4. The minimum absolute atomic E-state index is 0.305. The molecule has 1 aromatic heterocycles. The lowest BCUT2D eigenvalue weighted by Gasteiger charge is -2.15. The van der Waals surface area contributed by atoms with Gasteiger partial charge in [0.25, 0.3) is 0 Å². The quantitative estimate of drug-likeness (QED) is 0.258. The second-order valence-corrected chi connectivity index (χ2v) is 9.20. The lowest BCUT2D eigenvalue weighted by Crippen LogP contribution is -2.16. The first-order chi connectivity index (χ1) is 17.7. The van der Waals surface area contributed by atoms with Crippen LogP contribution in [0.1, 0.15) is 49.4 Å². The van der Waals surface area contributed by atoms with E-state index in [2.05, 4.69) is 26.9 Å². The van der Waals surface area contributed by atoms with Crippen molar-refractivity contribution in [2.24, 2.45) is 11.7 Å². The van der Waals surface area contributed by atoms with Gasteiger partial charge in [-0.05, 0) is 65.6 Å². The van der Waals surface area contributed by atoms with Crippen molar-refractivity contribution in [1.29, 1.82) is 0 Å². The van der Waals surface area contributed by atoms with Crippen molar-refractivity contribution in [1.82, 2.24) is 9.97 Å². The fraction of sp³-hybridized carbons (Fsp3) is 0.286. The maximum absolute atomic E-state index is 12.2. The van der Waals surface area contributed by atoms with Gasteiger partial charge in [0.05, 0.1) is 11.0 Å². The first-order valence-corrected chi connectivity index (χ1v) is 12.2. The molecule has 5 rings (SSSR count). The maximum Gasteiger partial charge on any atom is 0.573 e. The molecule has 0 aliphatic heterocycles. The Morgan fingerprint density at radius 2 is 1.70 bits per heavy atom. The number of benzene rings is 3. The molecule has 0 atom stereocenters. The summed E-state index contributed by atoms with van der Waals surface area (Å²) in [5, 5.41) is 3.00. The number of nitrogens with two attached hydrogens (primary N) is 1. The van der Waals surface area contributed by atoms with Crippen LogP contribution in [0, 0.1) is 5.92 Å². The zero-order valence-corrected chi connectivity index (χ0v) is 20.4. The fourth-order valence-electron chi connectivity index (χ4n) is 4.28. The van der Waals surface area contributed by atoms with Gasteiger partial charge < -0.3 is 20.8 Å². The number of primary amides is 1. The van der Waals surface area contributed by atoms with E-state index in [1.165, 1.54) is 56.4 Å². The first kappa shape index (κ1) is 26.1. The van der Waals surface area contributed by atoms with Crippen LogP contribution in [0.25, 0.3) is 22.2 Å². The number of fused-ring (bicyclic) bond motifs is 1. The fourth-order valence-corrected chi connectivity index (χ4v) is 4.28. The smallest absolute Gasteiger partial charge is 0.406 e. The van der Waals surface area contributed by atoms with Crippen LogP contribution in [0.15, 0.2) is 66.7 Å². The van der Waals surface area contributed by atoms with E-state index < -0.39 is 12.3 Å². The molecule has 194 valence electrons. The van der Waals surface area contributed by atoms with Crippen molar-refractivity contribution in [3.63, 3.8) is 0 Å². The number of nitrogens with one attached hydrogen (secondary N) is 2. The minimum Gasteiger partial charge on any atom is -0.406 e. The van der Waals surface area contributed by atoms with Gasteiger partial charge in [-0.15, -0.1) is 13.2 Å². The summed E-state index contributed by atoms with van der Waals surface area (Å²) in [7, 11) is 0. The molecule has 0 spiro atoms. The van der Waals surface area contributed by atoms with E-state index in [9.17, 15) is 18.0 Å². The topological polar surface area (TPSA) is 93.0 Å². The molecule has 3 aromatic carbocycles. The Labute approximate surface area is 213 Å². The molecule has 6 nitrogen and oxygen atoms in total. The Hall–Kier alpha value is -4.01. The van der Waals surface area contributed by atoms with Crippen LogP contribution in [0.2, 0.25) is 0 Å². The second kappa shape index (κ2) is 11.4. The highest BCUT2D eigenvalue weighted by Crippen LogP contribution is 2.28. The molecule has 37 heavy (non-hydrogen) atoms. The Kier molecular flexibility index (Phi) is 8.01. The van der Waals surface area contributed by atoms with Crippen LogP contribution in [0.5, 0.6) is 5.75 Å². The van der Waals surface area contributed by atoms with Crippen molar-refractivity contribution in [3.05, 3.63) is 72.3 Å². The molecule has 1 amide bonds. The number of aromatic nitrogens is 2. The van der Waals surface area contributed by atoms with Crippen LogP contribution in [-0.4, -0.2) is 22.2 Å². The number of aromatic amines is 1. The average molecular weight is 511 g/mol. The molecule has 0 unspecified atom stereocenters. The third-order valence-electron chi connectivity index (χ3n) is 6.21. The predicted octanol–water partition coefficient (Wildman–Crippen LogP) is 7.56. The average Bonchev–Trinajstić information content (AvgIpc) is 3.27. The lowest BCUT2D eigenvalue weighted by molar-refractivity contribution is -0.274. The molecular formula is C28H29F3N4O2. The summed E-state index contributed by atoms with van der Waals surface area (Å²) in [4.78, 5) is 18.9. The van der Waals surface area contributed by atoms with Crippen molar-refractivity contribution in [2.75, 3.05) is 5.32 Å². The van der Waals surface area contributed by atoms with Gasteiger partial charge in [-0.3, -0.25) is 4.79 Å². The second-order valence-electron chi connectivity index (χ2n) is 9.20. The van der Waals surface area contributed by atoms with E-state index in [0.717, 1.165) is 22.6 Å². The standard InChI is InChI=1S/C21H15F3N4O2.C7H14/c22-21(23,24)30-16-7-5-15(6-8-16)26-20-27-17-9-4-13(11-18(17)28-20)12-2-1-3-14(10-12)19(25)29;1-7-5-3-2-4-6-7/h1-11H,(H2,25,29)(H2,26,27,28);7H,2-6H2,1H3. The third-order valence-corrected chi connectivity index (χ3v) is 6.21. The number of hydrogen-bond acceptors (Lipinski definition) is 4. The Morgan fingerprint density at radius 3 is 2.32 bits per heavy atom. The van der Waals surface area contributed by atoms with Crippen molar-refractivity contribution >= 4 is 28.6 Å². The number of carbonyl (C=O) groups excluding carboxylic acids is 1.